The van der Waals surface area contributed by atoms with Crippen LogP contribution in [0, 0.1) is 11.3 Å². The number of benzene rings is 2. The third-order valence-electron chi connectivity index (χ3n) is 3.63. The second kappa shape index (κ2) is 9.04. The first-order valence-electron chi connectivity index (χ1n) is 8.03. The minimum atomic E-state index is -0.551. The van der Waals surface area contributed by atoms with Gasteiger partial charge < -0.3 is 15.7 Å². The van der Waals surface area contributed by atoms with E-state index in [9.17, 15) is 14.7 Å². The van der Waals surface area contributed by atoms with Gasteiger partial charge in [0.15, 0.2) is 5.78 Å². The average molecular weight is 349 g/mol. The first kappa shape index (κ1) is 18.7. The zero-order valence-electron chi connectivity index (χ0n) is 14.3. The van der Waals surface area contributed by atoms with Crippen molar-refractivity contribution in [3.63, 3.8) is 0 Å². The Bertz CT molecular complexity index is 865. The highest BCUT2D eigenvalue weighted by Crippen LogP contribution is 2.12. The van der Waals surface area contributed by atoms with E-state index in [2.05, 4.69) is 10.6 Å². The number of anilines is 1. The standard InChI is InChI=1S/C20H19N3O3/c1-14(24)16-3-2-4-18(11-16)23-20(26)17(12-21)13-22-10-9-15-5-7-19(25)8-6-15/h2-8,11,13,22,25H,9-10H2,1H3,(H,23,26)/b17-13-. The Morgan fingerprint density at radius 3 is 2.58 bits per heavy atom. The number of phenols is 1. The fourth-order valence-corrected chi connectivity index (χ4v) is 2.22. The lowest BCUT2D eigenvalue weighted by Crippen LogP contribution is -2.18. The summed E-state index contributed by atoms with van der Waals surface area (Å²) in [6.45, 7) is 1.97. The summed E-state index contributed by atoms with van der Waals surface area (Å²) in [6.07, 6.45) is 2.04. The molecule has 6 nitrogen and oxygen atoms in total. The number of nitrogens with one attached hydrogen (secondary N) is 2. The van der Waals surface area contributed by atoms with Crippen LogP contribution in [0.2, 0.25) is 0 Å². The number of nitrogens with zero attached hydrogens (tertiary/aromatic N) is 1. The average Bonchev–Trinajstić information content (AvgIpc) is 2.63. The molecule has 0 aliphatic heterocycles. The highest BCUT2D eigenvalue weighted by atomic mass is 16.3. The molecule has 0 heterocycles. The number of carbonyl (C=O) groups is 2. The minimum absolute atomic E-state index is 0.0658. The fraction of sp³-hybridized carbons (Fsp3) is 0.150. The molecule has 0 aliphatic rings. The van der Waals surface area contributed by atoms with Crippen LogP contribution < -0.4 is 10.6 Å². The van der Waals surface area contributed by atoms with Gasteiger partial charge in [-0.3, -0.25) is 9.59 Å². The van der Waals surface area contributed by atoms with Crippen molar-refractivity contribution < 1.29 is 14.7 Å². The van der Waals surface area contributed by atoms with Crippen molar-refractivity contribution in [3.05, 3.63) is 71.4 Å². The molecule has 0 aliphatic carbocycles. The molecule has 0 saturated carbocycles. The van der Waals surface area contributed by atoms with E-state index in [4.69, 9.17) is 5.26 Å². The summed E-state index contributed by atoms with van der Waals surface area (Å²) in [4.78, 5) is 23.6. The summed E-state index contributed by atoms with van der Waals surface area (Å²) in [7, 11) is 0. The third kappa shape index (κ3) is 5.49. The van der Waals surface area contributed by atoms with Crippen molar-refractivity contribution in [2.45, 2.75) is 13.3 Å². The Morgan fingerprint density at radius 2 is 1.92 bits per heavy atom. The first-order chi connectivity index (χ1) is 12.5. The molecule has 2 aromatic carbocycles. The first-order valence-corrected chi connectivity index (χ1v) is 8.03. The van der Waals surface area contributed by atoms with Gasteiger partial charge in [0.25, 0.3) is 5.91 Å². The van der Waals surface area contributed by atoms with Crippen molar-refractivity contribution in [1.29, 1.82) is 5.26 Å². The lowest BCUT2D eigenvalue weighted by atomic mass is 10.1. The van der Waals surface area contributed by atoms with E-state index in [1.807, 2.05) is 6.07 Å². The van der Waals surface area contributed by atoms with Crippen molar-refractivity contribution in [3.8, 4) is 11.8 Å². The number of aromatic hydroxyl groups is 1. The number of ketones is 1. The van der Waals surface area contributed by atoms with Crippen LogP contribution in [0.15, 0.2) is 60.3 Å². The van der Waals surface area contributed by atoms with E-state index in [1.165, 1.54) is 13.1 Å². The highest BCUT2D eigenvalue weighted by molar-refractivity contribution is 6.07. The summed E-state index contributed by atoms with van der Waals surface area (Å²) in [6, 6.07) is 15.2. The van der Waals surface area contributed by atoms with Gasteiger partial charge in [-0.25, -0.2) is 0 Å². The Kier molecular flexibility index (Phi) is 6.52. The van der Waals surface area contributed by atoms with Gasteiger partial charge in [0.1, 0.15) is 17.4 Å². The number of nitriles is 1. The summed E-state index contributed by atoms with van der Waals surface area (Å²) in [5, 5.41) is 23.9. The predicted molar refractivity (Wildman–Crippen MR) is 98.6 cm³/mol. The zero-order chi connectivity index (χ0) is 18.9. The number of amides is 1. The van der Waals surface area contributed by atoms with E-state index < -0.39 is 5.91 Å². The minimum Gasteiger partial charge on any atom is -0.508 e. The van der Waals surface area contributed by atoms with Gasteiger partial charge in [0.2, 0.25) is 0 Å². The number of phenolic OH excluding ortho intramolecular Hbond substituents is 1. The SMILES string of the molecule is CC(=O)c1cccc(NC(=O)/C(C#N)=C\NCCc2ccc(O)cc2)c1. The van der Waals surface area contributed by atoms with Gasteiger partial charge in [-0.1, -0.05) is 24.3 Å². The van der Waals surface area contributed by atoms with Crippen molar-refractivity contribution in [1.82, 2.24) is 5.32 Å². The Labute approximate surface area is 151 Å². The summed E-state index contributed by atoms with van der Waals surface area (Å²) in [5.41, 5.74) is 1.89. The number of carbonyl (C=O) groups excluding carboxylic acids is 2. The molecular formula is C20H19N3O3. The molecule has 3 N–H and O–H groups in total. The maximum absolute atomic E-state index is 12.2. The summed E-state index contributed by atoms with van der Waals surface area (Å²) < 4.78 is 0. The second-order valence-electron chi connectivity index (χ2n) is 5.63. The van der Waals surface area contributed by atoms with Gasteiger partial charge in [-0.15, -0.1) is 0 Å². The van der Waals surface area contributed by atoms with Crippen LogP contribution in [0.4, 0.5) is 5.69 Å². The van der Waals surface area contributed by atoms with E-state index in [-0.39, 0.29) is 17.1 Å². The monoisotopic (exact) mass is 349 g/mol. The number of Topliss-reactive ketones (excluding diaryl/α,β-unsaturated/α-hetero) is 1. The van der Waals surface area contributed by atoms with Crippen LogP contribution in [-0.2, 0) is 11.2 Å². The molecule has 0 unspecified atom stereocenters. The summed E-state index contributed by atoms with van der Waals surface area (Å²) in [5.74, 6) is -0.447. The maximum atomic E-state index is 12.2. The lowest BCUT2D eigenvalue weighted by molar-refractivity contribution is -0.112. The van der Waals surface area contributed by atoms with Gasteiger partial charge >= 0.3 is 0 Å². The Morgan fingerprint density at radius 1 is 1.19 bits per heavy atom. The molecule has 0 aromatic heterocycles. The third-order valence-corrected chi connectivity index (χ3v) is 3.63. The van der Waals surface area contributed by atoms with Crippen LogP contribution >= 0.6 is 0 Å². The number of hydrogen-bond acceptors (Lipinski definition) is 5. The Hall–Kier alpha value is -3.59. The van der Waals surface area contributed by atoms with Crippen LogP contribution in [0.1, 0.15) is 22.8 Å². The molecule has 2 aromatic rings. The molecule has 6 heteroatoms. The normalized spacial score (nSPS) is 10.7. The smallest absolute Gasteiger partial charge is 0.267 e. The maximum Gasteiger partial charge on any atom is 0.267 e. The fourth-order valence-electron chi connectivity index (χ4n) is 2.22. The predicted octanol–water partition coefficient (Wildman–Crippen LogP) is 2.77. The summed E-state index contributed by atoms with van der Waals surface area (Å²) >= 11 is 0. The number of hydrogen-bond donors (Lipinski definition) is 3. The van der Waals surface area contributed by atoms with Crippen molar-refractivity contribution >= 4 is 17.4 Å². The van der Waals surface area contributed by atoms with E-state index >= 15 is 0 Å². The van der Waals surface area contributed by atoms with Crippen LogP contribution in [-0.4, -0.2) is 23.3 Å². The number of rotatable bonds is 7. The van der Waals surface area contributed by atoms with Gasteiger partial charge in [0.05, 0.1) is 0 Å². The zero-order valence-corrected chi connectivity index (χ0v) is 14.3. The molecule has 0 bridgehead atoms. The molecule has 0 saturated heterocycles. The molecule has 0 atom stereocenters. The molecule has 1 amide bonds. The van der Waals surface area contributed by atoms with Crippen molar-refractivity contribution in [2.75, 3.05) is 11.9 Å². The second-order valence-corrected chi connectivity index (χ2v) is 5.63. The van der Waals surface area contributed by atoms with Crippen LogP contribution in [0.25, 0.3) is 0 Å². The molecule has 0 spiro atoms. The lowest BCUT2D eigenvalue weighted by Gasteiger charge is -2.06. The highest BCUT2D eigenvalue weighted by Gasteiger charge is 2.10. The van der Waals surface area contributed by atoms with Crippen LogP contribution in [0.3, 0.4) is 0 Å². The molecule has 0 fully saturated rings. The van der Waals surface area contributed by atoms with E-state index in [0.29, 0.717) is 24.2 Å². The molecule has 2 rings (SSSR count). The molecular weight excluding hydrogens is 330 g/mol. The van der Waals surface area contributed by atoms with E-state index in [1.54, 1.807) is 48.5 Å². The Balaban J connectivity index is 1.92. The molecule has 132 valence electrons. The molecule has 26 heavy (non-hydrogen) atoms. The van der Waals surface area contributed by atoms with E-state index in [0.717, 1.165) is 5.56 Å². The van der Waals surface area contributed by atoms with Gasteiger partial charge in [-0.2, -0.15) is 5.26 Å². The van der Waals surface area contributed by atoms with Gasteiger partial charge in [0, 0.05) is 24.0 Å². The van der Waals surface area contributed by atoms with Crippen LogP contribution in [0.5, 0.6) is 5.75 Å². The largest absolute Gasteiger partial charge is 0.508 e. The molecule has 0 radical (unpaired) electrons. The topological polar surface area (TPSA) is 102 Å². The van der Waals surface area contributed by atoms with Gasteiger partial charge in [-0.05, 0) is 43.2 Å². The quantitative estimate of drug-likeness (QED) is 0.309. The van der Waals surface area contributed by atoms with Crippen molar-refractivity contribution in [2.24, 2.45) is 0 Å².